The summed E-state index contributed by atoms with van der Waals surface area (Å²) in [5, 5.41) is 11.9. The van der Waals surface area contributed by atoms with E-state index in [1.807, 2.05) is 12.1 Å². The minimum atomic E-state index is -4.59. The van der Waals surface area contributed by atoms with Crippen LogP contribution >= 0.6 is 11.8 Å². The molecule has 2 aliphatic heterocycles. The molecule has 196 valence electrons. The number of fused-ring (bicyclic) bond motifs is 1. The fraction of sp³-hybridized carbons (Fsp3) is 0.231. The summed E-state index contributed by atoms with van der Waals surface area (Å²) in [7, 11) is 1.17. The molecule has 0 unspecified atom stereocenters. The highest BCUT2D eigenvalue weighted by Gasteiger charge is 2.48. The summed E-state index contributed by atoms with van der Waals surface area (Å²) < 4.78 is 44.2. The number of halogens is 3. The number of hydrogen-bond donors (Lipinski definition) is 2. The third kappa shape index (κ3) is 5.10. The van der Waals surface area contributed by atoms with Crippen LogP contribution in [0.4, 0.5) is 13.2 Å². The molecule has 2 aliphatic rings. The lowest BCUT2D eigenvalue weighted by atomic mass is 9.82. The quantitative estimate of drug-likeness (QED) is 0.535. The number of ether oxygens (including phenoxy) is 1. The summed E-state index contributed by atoms with van der Waals surface area (Å²) in [6.45, 7) is 0.113. The van der Waals surface area contributed by atoms with E-state index in [-0.39, 0.29) is 40.5 Å². The molecule has 2 atom stereocenters. The van der Waals surface area contributed by atoms with Crippen molar-refractivity contribution in [1.29, 1.82) is 5.26 Å². The van der Waals surface area contributed by atoms with Crippen LogP contribution in [0, 0.1) is 11.3 Å². The van der Waals surface area contributed by atoms with Crippen LogP contribution in [-0.2, 0) is 31.8 Å². The van der Waals surface area contributed by atoms with Crippen LogP contribution in [0.1, 0.15) is 29.0 Å². The fourth-order valence-corrected chi connectivity index (χ4v) is 5.54. The third-order valence-electron chi connectivity index (χ3n) is 6.09. The van der Waals surface area contributed by atoms with Crippen molar-refractivity contribution in [3.8, 4) is 6.07 Å². The van der Waals surface area contributed by atoms with Gasteiger partial charge in [0.25, 0.3) is 5.91 Å². The number of nitrogens with two attached hydrogens (primary N) is 1. The van der Waals surface area contributed by atoms with Gasteiger partial charge >= 0.3 is 12.1 Å². The van der Waals surface area contributed by atoms with Gasteiger partial charge in [-0.15, -0.1) is 0 Å². The molecule has 1 fully saturated rings. The van der Waals surface area contributed by atoms with Crippen molar-refractivity contribution in [2.75, 3.05) is 7.11 Å². The van der Waals surface area contributed by atoms with Gasteiger partial charge in [-0.05, 0) is 23.3 Å². The van der Waals surface area contributed by atoms with E-state index in [9.17, 15) is 32.8 Å². The average Bonchev–Trinajstić information content (AvgIpc) is 3.22. The molecule has 2 heterocycles. The van der Waals surface area contributed by atoms with Gasteiger partial charge in [-0.1, -0.05) is 54.2 Å². The second kappa shape index (κ2) is 10.6. The molecule has 0 spiro atoms. The Balaban J connectivity index is 1.82. The van der Waals surface area contributed by atoms with Crippen molar-refractivity contribution in [3.63, 3.8) is 0 Å². The Morgan fingerprint density at radius 2 is 1.82 bits per heavy atom. The number of allylic oxidation sites excluding steroid dienone is 1. The van der Waals surface area contributed by atoms with E-state index in [4.69, 9.17) is 5.73 Å². The van der Waals surface area contributed by atoms with E-state index in [0.29, 0.717) is 0 Å². The SMILES string of the molecule is COC(=O)C[C@@H]1SC2=C(C(=O)NCc3ccccc3)[C@H](c3ccc(C(F)(F)F)cc3)C(C#N)=C(N)N2C1=O. The van der Waals surface area contributed by atoms with Crippen LogP contribution in [-0.4, -0.2) is 35.0 Å². The summed E-state index contributed by atoms with van der Waals surface area (Å²) in [5.74, 6) is -3.31. The number of rotatable bonds is 6. The number of nitrogens with one attached hydrogen (secondary N) is 1. The first-order chi connectivity index (χ1) is 18.1. The monoisotopic (exact) mass is 542 g/mol. The fourth-order valence-electron chi connectivity index (χ4n) is 4.22. The zero-order valence-electron chi connectivity index (χ0n) is 19.9. The molecule has 2 aromatic rings. The first kappa shape index (κ1) is 26.8. The van der Waals surface area contributed by atoms with E-state index >= 15 is 0 Å². The molecule has 0 saturated carbocycles. The Morgan fingerprint density at radius 1 is 1.16 bits per heavy atom. The number of thioether (sulfide) groups is 1. The molecule has 0 bridgehead atoms. The van der Waals surface area contributed by atoms with Gasteiger partial charge in [0.15, 0.2) is 0 Å². The number of benzene rings is 2. The Morgan fingerprint density at radius 3 is 2.39 bits per heavy atom. The molecule has 0 radical (unpaired) electrons. The summed E-state index contributed by atoms with van der Waals surface area (Å²) in [5.41, 5.74) is 6.11. The van der Waals surface area contributed by atoms with Crippen LogP contribution in [0.15, 0.2) is 76.6 Å². The van der Waals surface area contributed by atoms with Gasteiger partial charge in [0.2, 0.25) is 5.91 Å². The van der Waals surface area contributed by atoms with Crippen molar-refractivity contribution in [1.82, 2.24) is 10.2 Å². The largest absolute Gasteiger partial charge is 0.469 e. The Hall–Kier alpha value is -4.24. The molecule has 38 heavy (non-hydrogen) atoms. The lowest BCUT2D eigenvalue weighted by Gasteiger charge is -2.32. The number of nitriles is 1. The summed E-state index contributed by atoms with van der Waals surface area (Å²) in [6.07, 6.45) is -4.89. The number of hydrogen-bond acceptors (Lipinski definition) is 7. The molecule has 3 N–H and O–H groups in total. The lowest BCUT2D eigenvalue weighted by molar-refractivity contribution is -0.142. The number of amides is 2. The van der Waals surface area contributed by atoms with Crippen LogP contribution < -0.4 is 11.1 Å². The third-order valence-corrected chi connectivity index (χ3v) is 7.37. The van der Waals surface area contributed by atoms with E-state index in [2.05, 4.69) is 10.1 Å². The van der Waals surface area contributed by atoms with Crippen LogP contribution in [0.3, 0.4) is 0 Å². The number of alkyl halides is 3. The maximum Gasteiger partial charge on any atom is 0.416 e. The van der Waals surface area contributed by atoms with Crippen LogP contribution in [0.5, 0.6) is 0 Å². The summed E-state index contributed by atoms with van der Waals surface area (Å²) in [6, 6.07) is 14.9. The predicted octanol–water partition coefficient (Wildman–Crippen LogP) is 3.53. The van der Waals surface area contributed by atoms with E-state index in [1.165, 1.54) is 19.2 Å². The van der Waals surface area contributed by atoms with Gasteiger partial charge in [-0.2, -0.15) is 18.4 Å². The van der Waals surface area contributed by atoms with Crippen molar-refractivity contribution in [3.05, 3.63) is 93.3 Å². The minimum Gasteiger partial charge on any atom is -0.469 e. The first-order valence-electron chi connectivity index (χ1n) is 11.3. The second-order valence-corrected chi connectivity index (χ2v) is 9.60. The number of nitrogens with zero attached hydrogens (tertiary/aromatic N) is 2. The zero-order chi connectivity index (χ0) is 27.6. The molecule has 2 aromatic carbocycles. The molecular formula is C26H21F3N4O4S. The van der Waals surface area contributed by atoms with Crippen molar-refractivity contribution < 1.29 is 32.3 Å². The smallest absolute Gasteiger partial charge is 0.416 e. The lowest BCUT2D eigenvalue weighted by Crippen LogP contribution is -2.40. The number of esters is 1. The maximum atomic E-state index is 13.6. The Kier molecular flexibility index (Phi) is 7.50. The van der Waals surface area contributed by atoms with E-state index < -0.39 is 40.7 Å². The molecule has 0 aromatic heterocycles. The Labute approximate surface area is 219 Å². The molecule has 8 nitrogen and oxygen atoms in total. The molecule has 1 saturated heterocycles. The minimum absolute atomic E-state index is 0.0304. The van der Waals surface area contributed by atoms with Gasteiger partial charge in [-0.25, -0.2) is 0 Å². The zero-order valence-corrected chi connectivity index (χ0v) is 20.7. The number of methoxy groups -OCH3 is 1. The van der Waals surface area contributed by atoms with Crippen molar-refractivity contribution in [2.45, 2.75) is 30.3 Å². The van der Waals surface area contributed by atoms with Gasteiger partial charge < -0.3 is 15.8 Å². The molecule has 4 rings (SSSR count). The first-order valence-corrected chi connectivity index (χ1v) is 12.1. The highest BCUT2D eigenvalue weighted by Crippen LogP contribution is 2.50. The van der Waals surface area contributed by atoms with Gasteiger partial charge in [0.1, 0.15) is 11.1 Å². The van der Waals surface area contributed by atoms with Gasteiger partial charge in [0, 0.05) is 6.54 Å². The van der Waals surface area contributed by atoms with E-state index in [0.717, 1.165) is 34.4 Å². The average molecular weight is 543 g/mol. The topological polar surface area (TPSA) is 126 Å². The Bertz CT molecular complexity index is 1380. The van der Waals surface area contributed by atoms with Gasteiger partial charge in [0.05, 0.1) is 47.3 Å². The summed E-state index contributed by atoms with van der Waals surface area (Å²) >= 11 is 0.917. The number of carbonyl (C=O) groups excluding carboxylic acids is 3. The highest BCUT2D eigenvalue weighted by atomic mass is 32.2. The second-order valence-electron chi connectivity index (χ2n) is 8.41. The van der Waals surface area contributed by atoms with Crippen molar-refractivity contribution >= 4 is 29.5 Å². The predicted molar refractivity (Wildman–Crippen MR) is 131 cm³/mol. The normalized spacial score (nSPS) is 19.2. The van der Waals surface area contributed by atoms with Crippen LogP contribution in [0.25, 0.3) is 0 Å². The molecular weight excluding hydrogens is 521 g/mol. The van der Waals surface area contributed by atoms with Crippen molar-refractivity contribution in [2.24, 2.45) is 5.73 Å². The highest BCUT2D eigenvalue weighted by molar-refractivity contribution is 8.04. The number of carbonyl (C=O) groups is 3. The maximum absolute atomic E-state index is 13.6. The van der Waals surface area contributed by atoms with E-state index in [1.54, 1.807) is 24.3 Å². The van der Waals surface area contributed by atoms with Gasteiger partial charge in [-0.3, -0.25) is 19.3 Å². The molecule has 0 aliphatic carbocycles. The molecule has 12 heteroatoms. The molecule has 2 amide bonds. The summed E-state index contributed by atoms with van der Waals surface area (Å²) in [4.78, 5) is 39.7. The standard InChI is InChI=1S/C26H21F3N4O4S/c1-37-19(34)11-18-24(36)33-22(31)17(12-30)20(15-7-9-16(10-8-15)26(27,28)29)21(25(33)38-18)23(35)32-13-14-5-3-2-4-6-14/h2-10,18,20H,11,13,31H2,1H3,(H,32,35)/t18-,20+/m0/s1. The van der Waals surface area contributed by atoms with Crippen LogP contribution in [0.2, 0.25) is 0 Å².